The van der Waals surface area contributed by atoms with Crippen LogP contribution in [-0.2, 0) is 0 Å². The Balaban J connectivity index is 2.01. The minimum absolute atomic E-state index is 0.604. The molecule has 0 spiro atoms. The molecule has 1 fully saturated rings. The highest BCUT2D eigenvalue weighted by molar-refractivity contribution is 5.88. The van der Waals surface area contributed by atoms with Crippen LogP contribution in [0.4, 0.5) is 11.8 Å². The summed E-state index contributed by atoms with van der Waals surface area (Å²) in [6.45, 7) is 2.25. The van der Waals surface area contributed by atoms with Crippen LogP contribution in [0, 0.1) is 0 Å². The van der Waals surface area contributed by atoms with E-state index in [-0.39, 0.29) is 0 Å². The van der Waals surface area contributed by atoms with Gasteiger partial charge in [0.15, 0.2) is 0 Å². The number of anilines is 1. The number of fused-ring (bicyclic) bond motifs is 1. The molecule has 3 rings (SSSR count). The van der Waals surface area contributed by atoms with Crippen LogP contribution < -0.4 is 10.6 Å². The number of para-hydroxylation sites is 1. The first-order chi connectivity index (χ1) is 8.84. The van der Waals surface area contributed by atoms with Crippen molar-refractivity contribution in [3.63, 3.8) is 0 Å². The van der Waals surface area contributed by atoms with E-state index < -0.39 is 0 Å². The molecule has 94 valence electrons. The van der Waals surface area contributed by atoms with E-state index in [9.17, 15) is 0 Å². The summed E-state index contributed by atoms with van der Waals surface area (Å²) in [4.78, 5) is 10.5. The fourth-order valence-corrected chi connectivity index (χ4v) is 2.64. The van der Waals surface area contributed by atoms with Crippen molar-refractivity contribution >= 4 is 22.7 Å². The summed E-state index contributed by atoms with van der Waals surface area (Å²) >= 11 is 0. The fourth-order valence-electron chi connectivity index (χ4n) is 2.64. The highest BCUT2D eigenvalue weighted by atomic mass is 15.3. The molecule has 3 N–H and O–H groups in total. The number of hydrogen-bond donors (Lipinski definition) is 2. The molecule has 4 heteroatoms. The quantitative estimate of drug-likeness (QED) is 0.794. The van der Waals surface area contributed by atoms with Gasteiger partial charge in [-0.15, -0.1) is 0 Å². The summed E-state index contributed by atoms with van der Waals surface area (Å²) in [5.74, 6) is 1.47. The normalized spacial score (nSPS) is 17.8. The minimum Gasteiger partial charge on any atom is -0.383 e. The lowest BCUT2D eigenvalue weighted by molar-refractivity contribution is -0.836. The van der Waals surface area contributed by atoms with E-state index in [4.69, 9.17) is 5.73 Å². The monoisotopic (exact) mass is 243 g/mol. The van der Waals surface area contributed by atoms with Crippen molar-refractivity contribution in [2.45, 2.75) is 25.7 Å². The van der Waals surface area contributed by atoms with E-state index in [2.05, 4.69) is 9.97 Å². The molecule has 0 atom stereocenters. The molecule has 1 aliphatic rings. The highest BCUT2D eigenvalue weighted by Crippen LogP contribution is 2.17. The highest BCUT2D eigenvalue weighted by Gasteiger charge is 2.19. The summed E-state index contributed by atoms with van der Waals surface area (Å²) in [7, 11) is 0. The van der Waals surface area contributed by atoms with E-state index in [1.807, 2.05) is 24.3 Å². The molecule has 0 radical (unpaired) electrons. The van der Waals surface area contributed by atoms with Gasteiger partial charge in [0.1, 0.15) is 5.82 Å². The topological polar surface area (TPSA) is 56.2 Å². The van der Waals surface area contributed by atoms with Gasteiger partial charge in [0, 0.05) is 5.39 Å². The Morgan fingerprint density at radius 3 is 2.44 bits per heavy atom. The summed E-state index contributed by atoms with van der Waals surface area (Å²) < 4.78 is 0. The molecule has 4 nitrogen and oxygen atoms in total. The summed E-state index contributed by atoms with van der Waals surface area (Å²) in [5, 5.41) is 0.954. The Hall–Kier alpha value is -1.68. The van der Waals surface area contributed by atoms with Gasteiger partial charge in [-0.3, -0.25) is 4.90 Å². The zero-order valence-electron chi connectivity index (χ0n) is 10.5. The molecule has 0 unspecified atom stereocenters. The lowest BCUT2D eigenvalue weighted by Crippen LogP contribution is -3.07. The Kier molecular flexibility index (Phi) is 3.11. The molecule has 1 aromatic carbocycles. The van der Waals surface area contributed by atoms with Gasteiger partial charge < -0.3 is 5.73 Å². The molecule has 0 aliphatic carbocycles. The predicted molar refractivity (Wildman–Crippen MR) is 72.8 cm³/mol. The van der Waals surface area contributed by atoms with Gasteiger partial charge in [-0.25, -0.2) is 0 Å². The Labute approximate surface area is 107 Å². The van der Waals surface area contributed by atoms with Gasteiger partial charge in [-0.1, -0.05) is 12.1 Å². The maximum Gasteiger partial charge on any atom is 0.329 e. The second-order valence-electron chi connectivity index (χ2n) is 4.97. The van der Waals surface area contributed by atoms with E-state index in [1.54, 1.807) is 0 Å². The van der Waals surface area contributed by atoms with E-state index >= 15 is 0 Å². The molecule has 0 saturated carbocycles. The van der Waals surface area contributed by atoms with Crippen LogP contribution in [0.15, 0.2) is 24.3 Å². The SMILES string of the molecule is Nc1nc([NH+]2CCCCCC2)nc2ccccc12. The van der Waals surface area contributed by atoms with Crippen molar-refractivity contribution in [3.8, 4) is 0 Å². The van der Waals surface area contributed by atoms with Crippen LogP contribution in [-0.4, -0.2) is 23.1 Å². The second-order valence-corrected chi connectivity index (χ2v) is 4.97. The zero-order valence-corrected chi connectivity index (χ0v) is 10.5. The van der Waals surface area contributed by atoms with Gasteiger partial charge in [-0.05, 0) is 37.8 Å². The number of nitrogens with one attached hydrogen (secondary N) is 1. The van der Waals surface area contributed by atoms with Crippen molar-refractivity contribution in [1.29, 1.82) is 0 Å². The van der Waals surface area contributed by atoms with E-state index in [0.29, 0.717) is 5.82 Å². The Bertz CT molecular complexity index is 544. The Morgan fingerprint density at radius 1 is 0.944 bits per heavy atom. The van der Waals surface area contributed by atoms with Crippen LogP contribution in [0.2, 0.25) is 0 Å². The minimum atomic E-state index is 0.604. The number of rotatable bonds is 1. The number of hydrogen-bond acceptors (Lipinski definition) is 3. The molecule has 0 bridgehead atoms. The van der Waals surface area contributed by atoms with E-state index in [0.717, 1.165) is 29.9 Å². The van der Waals surface area contributed by atoms with Crippen molar-refractivity contribution in [1.82, 2.24) is 9.97 Å². The van der Waals surface area contributed by atoms with Crippen LogP contribution in [0.25, 0.3) is 10.9 Å². The lowest BCUT2D eigenvalue weighted by Gasteiger charge is -2.14. The third-order valence-corrected chi connectivity index (χ3v) is 3.66. The summed E-state index contributed by atoms with van der Waals surface area (Å²) in [6, 6.07) is 7.96. The number of nitrogens with two attached hydrogens (primary N) is 1. The summed E-state index contributed by atoms with van der Waals surface area (Å²) in [5.41, 5.74) is 6.99. The average molecular weight is 243 g/mol. The van der Waals surface area contributed by atoms with Gasteiger partial charge in [0.05, 0.1) is 18.6 Å². The third-order valence-electron chi connectivity index (χ3n) is 3.66. The summed E-state index contributed by atoms with van der Waals surface area (Å²) in [6.07, 6.45) is 5.16. The molecule has 2 aromatic rings. The van der Waals surface area contributed by atoms with Crippen LogP contribution in [0.1, 0.15) is 25.7 Å². The smallest absolute Gasteiger partial charge is 0.329 e. The number of benzene rings is 1. The molecular formula is C14H19N4+. The largest absolute Gasteiger partial charge is 0.383 e. The van der Waals surface area contributed by atoms with Crippen LogP contribution in [0.5, 0.6) is 0 Å². The number of quaternary nitrogens is 1. The average Bonchev–Trinajstić information content (AvgIpc) is 2.67. The number of nitrogens with zero attached hydrogens (tertiary/aromatic N) is 2. The fraction of sp³-hybridized carbons (Fsp3) is 0.429. The first kappa shape index (κ1) is 11.4. The third kappa shape index (κ3) is 2.16. The number of aromatic nitrogens is 2. The molecule has 2 heterocycles. The molecule has 1 aromatic heterocycles. The maximum atomic E-state index is 6.04. The van der Waals surface area contributed by atoms with Crippen LogP contribution in [0.3, 0.4) is 0 Å². The van der Waals surface area contributed by atoms with E-state index in [1.165, 1.54) is 30.6 Å². The lowest BCUT2D eigenvalue weighted by atomic mass is 10.2. The Morgan fingerprint density at radius 2 is 1.67 bits per heavy atom. The van der Waals surface area contributed by atoms with Crippen molar-refractivity contribution < 1.29 is 4.90 Å². The molecule has 18 heavy (non-hydrogen) atoms. The molecular weight excluding hydrogens is 224 g/mol. The van der Waals surface area contributed by atoms with Crippen molar-refractivity contribution in [2.75, 3.05) is 18.8 Å². The van der Waals surface area contributed by atoms with Crippen molar-refractivity contribution in [2.24, 2.45) is 0 Å². The first-order valence-corrected chi connectivity index (χ1v) is 6.72. The van der Waals surface area contributed by atoms with Crippen molar-refractivity contribution in [3.05, 3.63) is 24.3 Å². The predicted octanol–water partition coefficient (Wildman–Crippen LogP) is 1.30. The first-order valence-electron chi connectivity index (χ1n) is 6.72. The van der Waals surface area contributed by atoms with Gasteiger partial charge in [-0.2, -0.15) is 9.97 Å². The molecule has 1 saturated heterocycles. The van der Waals surface area contributed by atoms with Crippen LogP contribution >= 0.6 is 0 Å². The number of nitrogen functional groups attached to an aromatic ring is 1. The second kappa shape index (κ2) is 4.90. The zero-order chi connectivity index (χ0) is 12.4. The molecule has 1 aliphatic heterocycles. The molecule has 0 amide bonds. The van der Waals surface area contributed by atoms with Gasteiger partial charge >= 0.3 is 5.95 Å². The van der Waals surface area contributed by atoms with Gasteiger partial charge in [0.2, 0.25) is 0 Å². The standard InChI is InChI=1S/C14H18N4/c15-13-11-7-3-4-8-12(11)16-14(17-13)18-9-5-1-2-6-10-18/h3-4,7-8H,1-2,5-6,9-10H2,(H2,15,16,17)/p+1. The maximum absolute atomic E-state index is 6.04. The van der Waals surface area contributed by atoms with Gasteiger partial charge in [0.25, 0.3) is 0 Å².